The van der Waals surface area contributed by atoms with Gasteiger partial charge in [-0.15, -0.1) is 0 Å². The predicted molar refractivity (Wildman–Crippen MR) is 55.2 cm³/mol. The second-order valence-corrected chi connectivity index (χ2v) is 3.29. The normalized spacial score (nSPS) is 12.2. The SMILES string of the molecule is CCCN(C)C/C(C)=C/NCC. The third-order valence-electron chi connectivity index (χ3n) is 1.68. The number of hydrogen-bond donors (Lipinski definition) is 1. The molecule has 0 spiro atoms. The topological polar surface area (TPSA) is 15.3 Å². The first-order chi connectivity index (χ1) is 5.70. The Balaban J connectivity index is 3.59. The first-order valence-electron chi connectivity index (χ1n) is 4.78. The molecular formula is C10H22N2. The Bertz CT molecular complexity index is 130. The molecular weight excluding hydrogens is 148 g/mol. The first kappa shape index (κ1) is 11.5. The van der Waals surface area contributed by atoms with E-state index in [9.17, 15) is 0 Å². The molecule has 0 aliphatic rings. The van der Waals surface area contributed by atoms with Crippen LogP contribution in [-0.2, 0) is 0 Å². The molecule has 0 radical (unpaired) electrons. The van der Waals surface area contributed by atoms with E-state index >= 15 is 0 Å². The molecule has 0 saturated carbocycles. The van der Waals surface area contributed by atoms with Crippen molar-refractivity contribution in [2.45, 2.75) is 27.2 Å². The highest BCUT2D eigenvalue weighted by Crippen LogP contribution is 1.95. The summed E-state index contributed by atoms with van der Waals surface area (Å²) in [6.07, 6.45) is 3.33. The van der Waals surface area contributed by atoms with Gasteiger partial charge in [-0.05, 0) is 45.6 Å². The average Bonchev–Trinajstić information content (AvgIpc) is 2.01. The third kappa shape index (κ3) is 6.23. The lowest BCUT2D eigenvalue weighted by Crippen LogP contribution is -2.22. The van der Waals surface area contributed by atoms with Crippen LogP contribution in [0.15, 0.2) is 11.8 Å². The Morgan fingerprint density at radius 1 is 1.42 bits per heavy atom. The molecule has 2 nitrogen and oxygen atoms in total. The summed E-state index contributed by atoms with van der Waals surface area (Å²) in [7, 11) is 2.16. The van der Waals surface area contributed by atoms with Crippen molar-refractivity contribution in [2.75, 3.05) is 26.7 Å². The molecule has 0 heterocycles. The van der Waals surface area contributed by atoms with Crippen LogP contribution in [0.3, 0.4) is 0 Å². The molecule has 2 heteroatoms. The molecule has 0 atom stereocenters. The molecule has 72 valence electrons. The van der Waals surface area contributed by atoms with Gasteiger partial charge in [0.25, 0.3) is 0 Å². The van der Waals surface area contributed by atoms with Crippen LogP contribution >= 0.6 is 0 Å². The smallest absolute Gasteiger partial charge is 0.0204 e. The molecule has 0 aliphatic heterocycles. The van der Waals surface area contributed by atoms with Gasteiger partial charge >= 0.3 is 0 Å². The molecule has 0 aromatic heterocycles. The average molecular weight is 170 g/mol. The lowest BCUT2D eigenvalue weighted by molar-refractivity contribution is 0.362. The second kappa shape index (κ2) is 7.17. The van der Waals surface area contributed by atoms with Crippen molar-refractivity contribution in [3.05, 3.63) is 11.8 Å². The maximum absolute atomic E-state index is 3.21. The predicted octanol–water partition coefficient (Wildman–Crippen LogP) is 1.84. The van der Waals surface area contributed by atoms with E-state index in [1.807, 2.05) is 0 Å². The molecule has 12 heavy (non-hydrogen) atoms. The van der Waals surface area contributed by atoms with Crippen LogP contribution in [-0.4, -0.2) is 31.6 Å². The summed E-state index contributed by atoms with van der Waals surface area (Å²) in [6.45, 7) is 9.74. The van der Waals surface area contributed by atoms with Gasteiger partial charge in [-0.3, -0.25) is 0 Å². The Hall–Kier alpha value is -0.500. The number of hydrogen-bond acceptors (Lipinski definition) is 2. The summed E-state index contributed by atoms with van der Waals surface area (Å²) >= 11 is 0. The molecule has 0 aromatic carbocycles. The Morgan fingerprint density at radius 2 is 2.08 bits per heavy atom. The standard InChI is InChI=1S/C10H22N2/c1-5-7-12(4)9-10(3)8-11-6-2/h8,11H,5-7,9H2,1-4H3/b10-8+. The van der Waals surface area contributed by atoms with E-state index in [1.165, 1.54) is 18.5 Å². The minimum absolute atomic E-state index is 1.01. The number of nitrogens with zero attached hydrogens (tertiary/aromatic N) is 1. The van der Waals surface area contributed by atoms with Gasteiger partial charge < -0.3 is 10.2 Å². The van der Waals surface area contributed by atoms with Crippen LogP contribution in [0.4, 0.5) is 0 Å². The quantitative estimate of drug-likeness (QED) is 0.654. The first-order valence-corrected chi connectivity index (χ1v) is 4.78. The van der Waals surface area contributed by atoms with E-state index < -0.39 is 0 Å². The lowest BCUT2D eigenvalue weighted by atomic mass is 10.3. The van der Waals surface area contributed by atoms with Gasteiger partial charge in [0.1, 0.15) is 0 Å². The summed E-state index contributed by atoms with van der Waals surface area (Å²) in [4.78, 5) is 2.34. The minimum Gasteiger partial charge on any atom is -0.391 e. The largest absolute Gasteiger partial charge is 0.391 e. The summed E-state index contributed by atoms with van der Waals surface area (Å²) in [5, 5.41) is 3.21. The van der Waals surface area contributed by atoms with Crippen molar-refractivity contribution in [1.29, 1.82) is 0 Å². The van der Waals surface area contributed by atoms with Crippen LogP contribution in [0.25, 0.3) is 0 Å². The maximum atomic E-state index is 3.21. The molecule has 0 amide bonds. The number of rotatable bonds is 6. The van der Waals surface area contributed by atoms with Crippen molar-refractivity contribution in [2.24, 2.45) is 0 Å². The van der Waals surface area contributed by atoms with Crippen LogP contribution in [0.2, 0.25) is 0 Å². The highest BCUT2D eigenvalue weighted by atomic mass is 15.1. The highest BCUT2D eigenvalue weighted by molar-refractivity contribution is 4.98. The van der Waals surface area contributed by atoms with Crippen molar-refractivity contribution >= 4 is 0 Å². The Morgan fingerprint density at radius 3 is 2.58 bits per heavy atom. The van der Waals surface area contributed by atoms with Gasteiger partial charge in [0.05, 0.1) is 0 Å². The molecule has 0 aromatic rings. The zero-order valence-corrected chi connectivity index (χ0v) is 8.85. The fraction of sp³-hybridized carbons (Fsp3) is 0.800. The van der Waals surface area contributed by atoms with Crippen LogP contribution in [0, 0.1) is 0 Å². The fourth-order valence-corrected chi connectivity index (χ4v) is 1.21. The fourth-order valence-electron chi connectivity index (χ4n) is 1.21. The lowest BCUT2D eigenvalue weighted by Gasteiger charge is -2.15. The minimum atomic E-state index is 1.01. The zero-order valence-electron chi connectivity index (χ0n) is 8.85. The van der Waals surface area contributed by atoms with E-state index in [4.69, 9.17) is 0 Å². The molecule has 0 fully saturated rings. The molecule has 0 rings (SSSR count). The van der Waals surface area contributed by atoms with Crippen LogP contribution in [0.5, 0.6) is 0 Å². The van der Waals surface area contributed by atoms with Crippen LogP contribution < -0.4 is 5.32 Å². The van der Waals surface area contributed by atoms with E-state index in [2.05, 4.69) is 44.2 Å². The Labute approximate surface area is 76.6 Å². The van der Waals surface area contributed by atoms with Crippen molar-refractivity contribution in [1.82, 2.24) is 10.2 Å². The molecule has 0 bridgehead atoms. The van der Waals surface area contributed by atoms with E-state index in [0.717, 1.165) is 13.1 Å². The van der Waals surface area contributed by atoms with Crippen LogP contribution in [0.1, 0.15) is 27.2 Å². The maximum Gasteiger partial charge on any atom is 0.0204 e. The van der Waals surface area contributed by atoms with Crippen molar-refractivity contribution in [3.8, 4) is 0 Å². The second-order valence-electron chi connectivity index (χ2n) is 3.29. The highest BCUT2D eigenvalue weighted by Gasteiger charge is 1.96. The molecule has 0 unspecified atom stereocenters. The van der Waals surface area contributed by atoms with Gasteiger partial charge in [-0.1, -0.05) is 6.92 Å². The summed E-state index contributed by atoms with van der Waals surface area (Å²) < 4.78 is 0. The summed E-state index contributed by atoms with van der Waals surface area (Å²) in [5.74, 6) is 0. The third-order valence-corrected chi connectivity index (χ3v) is 1.68. The van der Waals surface area contributed by atoms with Gasteiger partial charge in [0, 0.05) is 13.1 Å². The van der Waals surface area contributed by atoms with Crippen molar-refractivity contribution in [3.63, 3.8) is 0 Å². The van der Waals surface area contributed by atoms with Gasteiger partial charge in [0.2, 0.25) is 0 Å². The Kier molecular flexibility index (Phi) is 6.87. The van der Waals surface area contributed by atoms with E-state index in [0.29, 0.717) is 0 Å². The molecule has 1 N–H and O–H groups in total. The molecule has 0 aliphatic carbocycles. The van der Waals surface area contributed by atoms with Gasteiger partial charge in [0.15, 0.2) is 0 Å². The monoisotopic (exact) mass is 170 g/mol. The number of likely N-dealkylation sites (N-methyl/N-ethyl adjacent to an activating group) is 1. The van der Waals surface area contributed by atoms with Gasteiger partial charge in [-0.25, -0.2) is 0 Å². The number of nitrogens with one attached hydrogen (secondary N) is 1. The summed E-state index contributed by atoms with van der Waals surface area (Å²) in [6, 6.07) is 0. The van der Waals surface area contributed by atoms with Crippen molar-refractivity contribution < 1.29 is 0 Å². The van der Waals surface area contributed by atoms with Gasteiger partial charge in [-0.2, -0.15) is 0 Å². The van der Waals surface area contributed by atoms with E-state index in [1.54, 1.807) is 0 Å². The molecule has 0 saturated heterocycles. The zero-order chi connectivity index (χ0) is 9.40. The van der Waals surface area contributed by atoms with E-state index in [-0.39, 0.29) is 0 Å². The summed E-state index contributed by atoms with van der Waals surface area (Å²) in [5.41, 5.74) is 1.40.